The van der Waals surface area contributed by atoms with Gasteiger partial charge in [0.1, 0.15) is 16.8 Å². The molecule has 5 heteroatoms. The largest absolute Gasteiger partial charge is 0.381 e. The Kier molecular flexibility index (Phi) is 4.99. The summed E-state index contributed by atoms with van der Waals surface area (Å²) in [4.78, 5) is 8.72. The molecule has 0 bridgehead atoms. The molecular weight excluding hydrogens is 262 g/mol. The summed E-state index contributed by atoms with van der Waals surface area (Å²) in [5.74, 6) is 1.60. The summed E-state index contributed by atoms with van der Waals surface area (Å²) in [5.41, 5.74) is 1.01. The molecule has 4 nitrogen and oxygen atoms in total. The van der Waals surface area contributed by atoms with Crippen LogP contribution in [0.3, 0.4) is 0 Å². The Balaban J connectivity index is 2.14. The van der Waals surface area contributed by atoms with Gasteiger partial charge in [0.15, 0.2) is 0 Å². The van der Waals surface area contributed by atoms with Gasteiger partial charge in [-0.1, -0.05) is 18.5 Å². The minimum Gasteiger partial charge on any atom is -0.381 e. The number of hydrogen-bond acceptors (Lipinski definition) is 4. The van der Waals surface area contributed by atoms with E-state index in [9.17, 15) is 0 Å². The normalized spacial score (nSPS) is 23.4. The second kappa shape index (κ2) is 6.53. The van der Waals surface area contributed by atoms with Crippen molar-refractivity contribution in [3.05, 3.63) is 16.5 Å². The van der Waals surface area contributed by atoms with Crippen LogP contribution in [-0.2, 0) is 11.2 Å². The minimum atomic E-state index is 0.356. The summed E-state index contributed by atoms with van der Waals surface area (Å²) in [5, 5.41) is 4.10. The molecule has 1 saturated carbocycles. The van der Waals surface area contributed by atoms with Gasteiger partial charge < -0.3 is 10.1 Å². The number of aryl methyl sites for hydroxylation is 1. The van der Waals surface area contributed by atoms with Gasteiger partial charge in [-0.15, -0.1) is 0 Å². The summed E-state index contributed by atoms with van der Waals surface area (Å²) < 4.78 is 5.46. The van der Waals surface area contributed by atoms with Crippen LogP contribution in [0.5, 0.6) is 0 Å². The number of aromatic nitrogens is 2. The van der Waals surface area contributed by atoms with Crippen molar-refractivity contribution in [1.82, 2.24) is 9.97 Å². The fourth-order valence-electron chi connectivity index (χ4n) is 2.68. The molecule has 19 heavy (non-hydrogen) atoms. The maximum Gasteiger partial charge on any atom is 0.138 e. The fraction of sp³-hybridized carbons (Fsp3) is 0.714. The molecule has 0 aromatic carbocycles. The van der Waals surface area contributed by atoms with Gasteiger partial charge in [-0.05, 0) is 39.0 Å². The van der Waals surface area contributed by atoms with E-state index in [1.165, 1.54) is 6.42 Å². The molecule has 0 saturated heterocycles. The van der Waals surface area contributed by atoms with Crippen molar-refractivity contribution in [2.45, 2.75) is 58.1 Å². The van der Waals surface area contributed by atoms with E-state index >= 15 is 0 Å². The van der Waals surface area contributed by atoms with Gasteiger partial charge in [-0.2, -0.15) is 0 Å². The van der Waals surface area contributed by atoms with Crippen molar-refractivity contribution >= 4 is 17.4 Å². The fourth-order valence-corrected chi connectivity index (χ4v) is 3.02. The first-order valence-electron chi connectivity index (χ1n) is 6.96. The SMILES string of the molecule is CCc1c(Cl)nc(C)nc1NC1CCCC(OC)C1. The Morgan fingerprint density at radius 3 is 2.84 bits per heavy atom. The molecule has 0 amide bonds. The third kappa shape index (κ3) is 3.57. The van der Waals surface area contributed by atoms with Crippen LogP contribution in [0.2, 0.25) is 5.15 Å². The zero-order valence-electron chi connectivity index (χ0n) is 11.9. The van der Waals surface area contributed by atoms with Crippen molar-refractivity contribution in [2.24, 2.45) is 0 Å². The predicted octanol–water partition coefficient (Wildman–Crippen LogP) is 3.37. The van der Waals surface area contributed by atoms with E-state index in [1.54, 1.807) is 7.11 Å². The number of nitrogens with zero attached hydrogens (tertiary/aromatic N) is 2. The van der Waals surface area contributed by atoms with E-state index in [1.807, 2.05) is 6.92 Å². The van der Waals surface area contributed by atoms with E-state index in [4.69, 9.17) is 16.3 Å². The molecule has 1 aliphatic rings. The molecule has 106 valence electrons. The van der Waals surface area contributed by atoms with E-state index in [0.717, 1.165) is 37.1 Å². The van der Waals surface area contributed by atoms with Crippen LogP contribution in [0.15, 0.2) is 0 Å². The van der Waals surface area contributed by atoms with Crippen LogP contribution in [0, 0.1) is 6.92 Å². The molecule has 2 rings (SSSR count). The lowest BCUT2D eigenvalue weighted by Gasteiger charge is -2.29. The Morgan fingerprint density at radius 2 is 2.16 bits per heavy atom. The van der Waals surface area contributed by atoms with E-state index in [0.29, 0.717) is 23.1 Å². The molecule has 1 N–H and O–H groups in total. The van der Waals surface area contributed by atoms with Crippen LogP contribution < -0.4 is 5.32 Å². The lowest BCUT2D eigenvalue weighted by atomic mass is 9.92. The number of ether oxygens (including phenoxy) is 1. The molecule has 0 spiro atoms. The topological polar surface area (TPSA) is 47.0 Å². The summed E-state index contributed by atoms with van der Waals surface area (Å²) >= 11 is 6.19. The molecule has 1 heterocycles. The molecule has 1 fully saturated rings. The quantitative estimate of drug-likeness (QED) is 0.861. The number of nitrogens with one attached hydrogen (secondary N) is 1. The summed E-state index contributed by atoms with van der Waals surface area (Å²) in [7, 11) is 1.79. The average molecular weight is 284 g/mol. The highest BCUT2D eigenvalue weighted by Gasteiger charge is 2.23. The predicted molar refractivity (Wildman–Crippen MR) is 77.8 cm³/mol. The molecule has 0 radical (unpaired) electrons. The first-order valence-corrected chi connectivity index (χ1v) is 7.34. The van der Waals surface area contributed by atoms with Gasteiger partial charge in [0.25, 0.3) is 0 Å². The molecule has 1 aromatic heterocycles. The maximum absolute atomic E-state index is 6.19. The van der Waals surface area contributed by atoms with Crippen LogP contribution in [0.4, 0.5) is 5.82 Å². The average Bonchev–Trinajstić information content (AvgIpc) is 2.38. The molecular formula is C14H22ClN3O. The van der Waals surface area contributed by atoms with Gasteiger partial charge in [0.05, 0.1) is 6.10 Å². The van der Waals surface area contributed by atoms with Gasteiger partial charge in [0, 0.05) is 18.7 Å². The summed E-state index contributed by atoms with van der Waals surface area (Å²) in [6.07, 6.45) is 5.72. The van der Waals surface area contributed by atoms with Gasteiger partial charge in [-0.25, -0.2) is 9.97 Å². The number of hydrogen-bond donors (Lipinski definition) is 1. The van der Waals surface area contributed by atoms with Crippen molar-refractivity contribution < 1.29 is 4.74 Å². The number of halogens is 1. The van der Waals surface area contributed by atoms with Crippen molar-refractivity contribution in [3.8, 4) is 0 Å². The maximum atomic E-state index is 6.19. The minimum absolute atomic E-state index is 0.356. The monoisotopic (exact) mass is 283 g/mol. The smallest absolute Gasteiger partial charge is 0.138 e. The molecule has 0 aliphatic heterocycles. The van der Waals surface area contributed by atoms with Crippen molar-refractivity contribution in [3.63, 3.8) is 0 Å². The Hall–Kier alpha value is -0.870. The van der Waals surface area contributed by atoms with Gasteiger partial charge in [-0.3, -0.25) is 0 Å². The molecule has 2 atom stereocenters. The van der Waals surface area contributed by atoms with E-state index < -0.39 is 0 Å². The second-order valence-corrected chi connectivity index (χ2v) is 5.47. The van der Waals surface area contributed by atoms with Crippen LogP contribution in [-0.4, -0.2) is 29.2 Å². The van der Waals surface area contributed by atoms with Crippen LogP contribution in [0.1, 0.15) is 44.0 Å². The third-order valence-electron chi connectivity index (χ3n) is 3.72. The molecule has 2 unspecified atom stereocenters. The highest BCUT2D eigenvalue weighted by atomic mass is 35.5. The third-order valence-corrected chi connectivity index (χ3v) is 4.03. The van der Waals surface area contributed by atoms with Crippen LogP contribution in [0.25, 0.3) is 0 Å². The second-order valence-electron chi connectivity index (χ2n) is 5.11. The number of methoxy groups -OCH3 is 1. The number of rotatable bonds is 4. The lowest BCUT2D eigenvalue weighted by Crippen LogP contribution is -2.31. The zero-order chi connectivity index (χ0) is 13.8. The van der Waals surface area contributed by atoms with Crippen LogP contribution >= 0.6 is 11.6 Å². The van der Waals surface area contributed by atoms with Crippen molar-refractivity contribution in [2.75, 3.05) is 12.4 Å². The summed E-state index contributed by atoms with van der Waals surface area (Å²) in [6, 6.07) is 0.411. The lowest BCUT2D eigenvalue weighted by molar-refractivity contribution is 0.0669. The zero-order valence-corrected chi connectivity index (χ0v) is 12.6. The molecule has 1 aliphatic carbocycles. The first-order chi connectivity index (χ1) is 9.13. The molecule has 1 aromatic rings. The Labute approximate surface area is 119 Å². The summed E-state index contributed by atoms with van der Waals surface area (Å²) in [6.45, 7) is 3.94. The van der Waals surface area contributed by atoms with E-state index in [-0.39, 0.29) is 0 Å². The Bertz CT molecular complexity index is 439. The standard InChI is InChI=1S/C14H22ClN3O/c1-4-12-13(15)16-9(2)17-14(12)18-10-6-5-7-11(8-10)19-3/h10-11H,4-8H2,1-3H3,(H,16,17,18). The number of anilines is 1. The van der Waals surface area contributed by atoms with Crippen molar-refractivity contribution in [1.29, 1.82) is 0 Å². The Morgan fingerprint density at radius 1 is 1.37 bits per heavy atom. The highest BCUT2D eigenvalue weighted by molar-refractivity contribution is 6.30. The van der Waals surface area contributed by atoms with Gasteiger partial charge in [0.2, 0.25) is 0 Å². The van der Waals surface area contributed by atoms with E-state index in [2.05, 4.69) is 22.2 Å². The van der Waals surface area contributed by atoms with Gasteiger partial charge >= 0.3 is 0 Å². The highest BCUT2D eigenvalue weighted by Crippen LogP contribution is 2.27. The first kappa shape index (κ1) is 14.5.